The van der Waals surface area contributed by atoms with Crippen LogP contribution in [0.4, 0.5) is 0 Å². The Hall–Kier alpha value is -1.02. The first-order valence-electron chi connectivity index (χ1n) is 8.01. The maximum atomic E-state index is 9.97. The molecule has 2 heteroatoms. The number of para-hydroxylation sites is 1. The third kappa shape index (κ3) is 5.54. The summed E-state index contributed by atoms with van der Waals surface area (Å²) in [5.41, 5.74) is 1.33. The van der Waals surface area contributed by atoms with Gasteiger partial charge in [0.1, 0.15) is 5.75 Å². The fraction of sp³-hybridized carbons (Fsp3) is 0.667. The average Bonchev–Trinajstić information content (AvgIpc) is 2.41. The minimum Gasteiger partial charge on any atom is -0.508 e. The van der Waals surface area contributed by atoms with E-state index in [-0.39, 0.29) is 6.04 Å². The van der Waals surface area contributed by atoms with Gasteiger partial charge >= 0.3 is 0 Å². The van der Waals surface area contributed by atoms with Crippen molar-refractivity contribution >= 4 is 0 Å². The highest BCUT2D eigenvalue weighted by atomic mass is 16.3. The highest BCUT2D eigenvalue weighted by molar-refractivity contribution is 5.34. The first-order valence-corrected chi connectivity index (χ1v) is 8.01. The number of unbranched alkanes of at least 4 members (excludes halogenated alkanes) is 2. The predicted octanol–water partition coefficient (Wildman–Crippen LogP) is 5.04. The summed E-state index contributed by atoms with van der Waals surface area (Å²) in [5, 5.41) is 13.6. The van der Waals surface area contributed by atoms with E-state index in [1.54, 1.807) is 6.07 Å². The van der Waals surface area contributed by atoms with E-state index in [0.717, 1.165) is 18.5 Å². The number of hydrogen-bond donors (Lipinski definition) is 2. The molecule has 0 aromatic heterocycles. The van der Waals surface area contributed by atoms with E-state index >= 15 is 0 Å². The molecule has 2 N–H and O–H groups in total. The quantitative estimate of drug-likeness (QED) is 0.620. The molecule has 0 saturated heterocycles. The largest absolute Gasteiger partial charge is 0.508 e. The van der Waals surface area contributed by atoms with Crippen LogP contribution in [0.3, 0.4) is 0 Å². The molecule has 0 heterocycles. The van der Waals surface area contributed by atoms with Crippen molar-refractivity contribution in [2.75, 3.05) is 6.54 Å². The highest BCUT2D eigenvalue weighted by Gasteiger charge is 2.20. The monoisotopic (exact) mass is 277 g/mol. The minimum absolute atomic E-state index is 0.238. The molecule has 0 saturated carbocycles. The van der Waals surface area contributed by atoms with Crippen molar-refractivity contribution in [2.45, 2.75) is 65.8 Å². The molecule has 0 amide bonds. The molecule has 0 aliphatic rings. The summed E-state index contributed by atoms with van der Waals surface area (Å²) in [5.74, 6) is 0.399. The third-order valence-electron chi connectivity index (χ3n) is 4.00. The van der Waals surface area contributed by atoms with Gasteiger partial charge in [-0.2, -0.15) is 0 Å². The Morgan fingerprint density at radius 2 is 1.85 bits per heavy atom. The molecular weight excluding hydrogens is 246 g/mol. The summed E-state index contributed by atoms with van der Waals surface area (Å²) in [4.78, 5) is 0. The van der Waals surface area contributed by atoms with Gasteiger partial charge in [-0.25, -0.2) is 0 Å². The minimum atomic E-state index is 0.238. The lowest BCUT2D eigenvalue weighted by atomic mass is 9.86. The van der Waals surface area contributed by atoms with Crippen molar-refractivity contribution in [2.24, 2.45) is 5.41 Å². The zero-order chi connectivity index (χ0) is 15.0. The number of phenolic OH excluding ortho intramolecular Hbond substituents is 1. The summed E-state index contributed by atoms with van der Waals surface area (Å²) in [6.07, 6.45) is 6.14. The topological polar surface area (TPSA) is 32.3 Å². The summed E-state index contributed by atoms with van der Waals surface area (Å²) >= 11 is 0. The van der Waals surface area contributed by atoms with E-state index in [1.165, 1.54) is 25.7 Å². The van der Waals surface area contributed by atoms with Crippen LogP contribution in [0.15, 0.2) is 24.3 Å². The molecule has 1 atom stereocenters. The van der Waals surface area contributed by atoms with Crippen molar-refractivity contribution < 1.29 is 5.11 Å². The molecule has 1 unspecified atom stereocenters. The van der Waals surface area contributed by atoms with Crippen LogP contribution in [0.25, 0.3) is 0 Å². The number of nitrogens with one attached hydrogen (secondary N) is 1. The number of aromatic hydroxyl groups is 1. The van der Waals surface area contributed by atoms with Gasteiger partial charge in [-0.15, -0.1) is 0 Å². The predicted molar refractivity (Wildman–Crippen MR) is 87.1 cm³/mol. The van der Waals surface area contributed by atoms with Gasteiger partial charge in [-0.3, -0.25) is 0 Å². The SMILES string of the molecule is CCCCCC(C)(C)CNC(CC)c1ccccc1O. The summed E-state index contributed by atoms with van der Waals surface area (Å²) in [6.45, 7) is 10.1. The molecule has 1 aromatic carbocycles. The molecule has 0 radical (unpaired) electrons. The van der Waals surface area contributed by atoms with Crippen LogP contribution in [-0.2, 0) is 0 Å². The van der Waals surface area contributed by atoms with E-state index < -0.39 is 0 Å². The van der Waals surface area contributed by atoms with Crippen LogP contribution in [0.5, 0.6) is 5.75 Å². The van der Waals surface area contributed by atoms with Gasteiger partial charge in [0, 0.05) is 18.2 Å². The van der Waals surface area contributed by atoms with Crippen LogP contribution in [0.1, 0.15) is 71.4 Å². The normalized spacial score (nSPS) is 13.4. The summed E-state index contributed by atoms with van der Waals surface area (Å²) in [7, 11) is 0. The lowest BCUT2D eigenvalue weighted by molar-refractivity contribution is 0.284. The van der Waals surface area contributed by atoms with E-state index in [4.69, 9.17) is 0 Å². The van der Waals surface area contributed by atoms with Crippen molar-refractivity contribution in [1.29, 1.82) is 0 Å². The average molecular weight is 277 g/mol. The van der Waals surface area contributed by atoms with Crippen LogP contribution >= 0.6 is 0 Å². The van der Waals surface area contributed by atoms with Gasteiger partial charge in [-0.05, 0) is 24.3 Å². The number of rotatable bonds is 9. The lowest BCUT2D eigenvalue weighted by Gasteiger charge is -2.28. The zero-order valence-electron chi connectivity index (χ0n) is 13.6. The molecule has 0 aliphatic heterocycles. The smallest absolute Gasteiger partial charge is 0.120 e. The van der Waals surface area contributed by atoms with Crippen molar-refractivity contribution in [3.05, 3.63) is 29.8 Å². The maximum absolute atomic E-state index is 9.97. The van der Waals surface area contributed by atoms with Gasteiger partial charge in [0.15, 0.2) is 0 Å². The molecule has 2 nitrogen and oxygen atoms in total. The summed E-state index contributed by atoms with van der Waals surface area (Å²) < 4.78 is 0. The fourth-order valence-corrected chi connectivity index (χ4v) is 2.60. The van der Waals surface area contributed by atoms with Crippen LogP contribution in [-0.4, -0.2) is 11.7 Å². The van der Waals surface area contributed by atoms with Crippen LogP contribution in [0.2, 0.25) is 0 Å². The Labute approximate surface area is 124 Å². The van der Waals surface area contributed by atoms with Gasteiger partial charge < -0.3 is 10.4 Å². The van der Waals surface area contributed by atoms with Gasteiger partial charge in [0.05, 0.1) is 0 Å². The van der Waals surface area contributed by atoms with Crippen molar-refractivity contribution in [3.63, 3.8) is 0 Å². The van der Waals surface area contributed by atoms with Gasteiger partial charge in [0.2, 0.25) is 0 Å². The Kier molecular flexibility index (Phi) is 7.08. The molecule has 1 rings (SSSR count). The third-order valence-corrected chi connectivity index (χ3v) is 4.00. The molecule has 114 valence electrons. The van der Waals surface area contributed by atoms with Crippen molar-refractivity contribution in [3.8, 4) is 5.75 Å². The van der Waals surface area contributed by atoms with E-state index in [1.807, 2.05) is 18.2 Å². The Balaban J connectivity index is 2.55. The van der Waals surface area contributed by atoms with Crippen LogP contribution in [0, 0.1) is 5.41 Å². The van der Waals surface area contributed by atoms with Gasteiger partial charge in [-0.1, -0.05) is 65.2 Å². The summed E-state index contributed by atoms with van der Waals surface area (Å²) in [6, 6.07) is 7.89. The molecule has 0 bridgehead atoms. The molecule has 0 fully saturated rings. The Morgan fingerprint density at radius 3 is 2.45 bits per heavy atom. The van der Waals surface area contributed by atoms with E-state index in [0.29, 0.717) is 11.2 Å². The van der Waals surface area contributed by atoms with Crippen LogP contribution < -0.4 is 5.32 Å². The second kappa shape index (κ2) is 8.31. The first-order chi connectivity index (χ1) is 9.50. The second-order valence-corrected chi connectivity index (χ2v) is 6.52. The number of hydrogen-bond acceptors (Lipinski definition) is 2. The molecular formula is C18H31NO. The maximum Gasteiger partial charge on any atom is 0.120 e. The first kappa shape index (κ1) is 17.0. The van der Waals surface area contributed by atoms with Gasteiger partial charge in [0.25, 0.3) is 0 Å². The fourth-order valence-electron chi connectivity index (χ4n) is 2.60. The second-order valence-electron chi connectivity index (χ2n) is 6.52. The Morgan fingerprint density at radius 1 is 1.15 bits per heavy atom. The zero-order valence-corrected chi connectivity index (χ0v) is 13.6. The number of benzene rings is 1. The lowest BCUT2D eigenvalue weighted by Crippen LogP contribution is -2.32. The molecule has 1 aromatic rings. The number of phenols is 1. The molecule has 0 spiro atoms. The molecule has 20 heavy (non-hydrogen) atoms. The van der Waals surface area contributed by atoms with E-state index in [9.17, 15) is 5.11 Å². The van der Waals surface area contributed by atoms with E-state index in [2.05, 4.69) is 33.0 Å². The standard InChI is InChI=1S/C18H31NO/c1-5-7-10-13-18(3,4)14-19-16(6-2)15-11-8-9-12-17(15)20/h8-9,11-12,16,19-20H,5-7,10,13-14H2,1-4H3. The molecule has 0 aliphatic carbocycles. The Bertz CT molecular complexity index is 387. The van der Waals surface area contributed by atoms with Crippen molar-refractivity contribution in [1.82, 2.24) is 5.32 Å². The highest BCUT2D eigenvalue weighted by Crippen LogP contribution is 2.28.